The first-order chi connectivity index (χ1) is 14.5. The molecule has 1 aromatic carbocycles. The lowest BCUT2D eigenvalue weighted by Crippen LogP contribution is -2.55. The highest BCUT2D eigenvalue weighted by molar-refractivity contribution is 5.78. The molecule has 1 amide bonds. The number of hydrogen-bond acceptors (Lipinski definition) is 5. The van der Waals surface area contributed by atoms with Crippen LogP contribution in [-0.4, -0.2) is 70.9 Å². The van der Waals surface area contributed by atoms with Gasteiger partial charge in [-0.15, -0.1) is 0 Å². The molecule has 1 aromatic heterocycles. The molecule has 162 valence electrons. The van der Waals surface area contributed by atoms with Crippen LogP contribution in [0.25, 0.3) is 0 Å². The number of aryl methyl sites for hydroxylation is 2. The molecule has 4 rings (SSSR count). The summed E-state index contributed by atoms with van der Waals surface area (Å²) in [5.41, 5.74) is 3.46. The summed E-state index contributed by atoms with van der Waals surface area (Å²) >= 11 is 0. The molecule has 2 saturated heterocycles. The minimum Gasteiger partial charge on any atom is -0.491 e. The Labute approximate surface area is 176 Å². The highest BCUT2D eigenvalue weighted by Crippen LogP contribution is 2.23. The number of halogens is 1. The minimum absolute atomic E-state index is 0.0491. The van der Waals surface area contributed by atoms with Crippen LogP contribution in [0, 0.1) is 19.7 Å². The normalized spacial score (nSPS) is 21.2. The van der Waals surface area contributed by atoms with Gasteiger partial charge in [0.05, 0.1) is 12.2 Å². The number of H-pyrrole nitrogens is 1. The maximum atomic E-state index is 13.0. The summed E-state index contributed by atoms with van der Waals surface area (Å²) in [7, 11) is 0. The predicted octanol–water partition coefficient (Wildman–Crippen LogP) is 2.44. The first-order valence-corrected chi connectivity index (χ1v) is 10.5. The molecular weight excluding hydrogens is 387 g/mol. The zero-order valence-electron chi connectivity index (χ0n) is 17.6. The van der Waals surface area contributed by atoms with Crippen LogP contribution in [0.1, 0.15) is 29.8 Å². The van der Waals surface area contributed by atoms with Crippen LogP contribution in [0.3, 0.4) is 0 Å². The van der Waals surface area contributed by atoms with E-state index in [4.69, 9.17) is 9.47 Å². The lowest BCUT2D eigenvalue weighted by atomic mass is 10.0. The predicted molar refractivity (Wildman–Crippen MR) is 110 cm³/mol. The van der Waals surface area contributed by atoms with Gasteiger partial charge >= 0.3 is 0 Å². The van der Waals surface area contributed by atoms with Crippen molar-refractivity contribution in [2.75, 3.05) is 32.8 Å². The number of likely N-dealkylation sites (tertiary alicyclic amines) is 1. The molecule has 1 atom stereocenters. The van der Waals surface area contributed by atoms with Gasteiger partial charge in [0.2, 0.25) is 5.91 Å². The van der Waals surface area contributed by atoms with Gasteiger partial charge in [0.1, 0.15) is 30.9 Å². The molecule has 30 heavy (non-hydrogen) atoms. The number of piperidine rings is 1. The van der Waals surface area contributed by atoms with Crippen LogP contribution < -0.4 is 4.74 Å². The summed E-state index contributed by atoms with van der Waals surface area (Å²) in [6, 6.07) is 6.17. The largest absolute Gasteiger partial charge is 0.491 e. The third kappa shape index (κ3) is 4.82. The van der Waals surface area contributed by atoms with E-state index in [1.54, 1.807) is 12.1 Å². The molecule has 0 spiro atoms. The first kappa shape index (κ1) is 20.8. The lowest BCUT2D eigenvalue weighted by Gasteiger charge is -2.42. The molecule has 0 bridgehead atoms. The fourth-order valence-corrected chi connectivity index (χ4v) is 4.24. The van der Waals surface area contributed by atoms with Crippen molar-refractivity contribution in [2.24, 2.45) is 0 Å². The molecule has 0 radical (unpaired) electrons. The molecule has 7 nitrogen and oxygen atoms in total. The van der Waals surface area contributed by atoms with E-state index in [0.29, 0.717) is 18.9 Å². The number of carbonyl (C=O) groups excluding carboxylic acids is 1. The van der Waals surface area contributed by atoms with Gasteiger partial charge in [-0.1, -0.05) is 0 Å². The van der Waals surface area contributed by atoms with E-state index in [9.17, 15) is 9.18 Å². The van der Waals surface area contributed by atoms with E-state index in [-0.39, 0.29) is 30.5 Å². The monoisotopic (exact) mass is 416 g/mol. The fraction of sp³-hybridized carbons (Fsp3) is 0.545. The average molecular weight is 416 g/mol. The Balaban J connectivity index is 1.28. The van der Waals surface area contributed by atoms with E-state index in [2.05, 4.69) is 22.0 Å². The van der Waals surface area contributed by atoms with Crippen LogP contribution in [0.15, 0.2) is 24.3 Å². The molecule has 0 aliphatic carbocycles. The van der Waals surface area contributed by atoms with E-state index in [1.165, 1.54) is 17.7 Å². The Morgan fingerprint density at radius 2 is 1.97 bits per heavy atom. The van der Waals surface area contributed by atoms with Crippen LogP contribution in [-0.2, 0) is 16.1 Å². The molecule has 0 saturated carbocycles. The number of aromatic amines is 1. The Hall–Kier alpha value is -2.45. The summed E-state index contributed by atoms with van der Waals surface area (Å²) in [5, 5.41) is 7.33. The molecule has 1 N–H and O–H groups in total. The van der Waals surface area contributed by atoms with Crippen LogP contribution in [0.4, 0.5) is 4.39 Å². The Morgan fingerprint density at radius 1 is 1.23 bits per heavy atom. The number of hydrogen-bond donors (Lipinski definition) is 1. The number of carbonyl (C=O) groups is 1. The minimum atomic E-state index is -0.294. The molecule has 2 aromatic rings. The quantitative estimate of drug-likeness (QED) is 0.783. The zero-order chi connectivity index (χ0) is 21.1. The molecule has 2 aliphatic rings. The van der Waals surface area contributed by atoms with Crippen LogP contribution in [0.2, 0.25) is 0 Å². The summed E-state index contributed by atoms with van der Waals surface area (Å²) in [4.78, 5) is 16.9. The van der Waals surface area contributed by atoms with Crippen LogP contribution in [0.5, 0.6) is 5.75 Å². The number of nitrogens with zero attached hydrogens (tertiary/aromatic N) is 3. The number of ether oxygens (including phenoxy) is 2. The van der Waals surface area contributed by atoms with Gasteiger partial charge in [0, 0.05) is 36.9 Å². The second-order valence-corrected chi connectivity index (χ2v) is 8.16. The maximum Gasteiger partial charge on any atom is 0.248 e. The third-order valence-corrected chi connectivity index (χ3v) is 6.07. The maximum absolute atomic E-state index is 13.0. The summed E-state index contributed by atoms with van der Waals surface area (Å²) < 4.78 is 24.4. The highest BCUT2D eigenvalue weighted by atomic mass is 19.1. The highest BCUT2D eigenvalue weighted by Gasteiger charge is 2.34. The second-order valence-electron chi connectivity index (χ2n) is 8.16. The molecule has 2 fully saturated rings. The number of benzene rings is 1. The molecule has 3 heterocycles. The van der Waals surface area contributed by atoms with E-state index >= 15 is 0 Å². The van der Waals surface area contributed by atoms with E-state index < -0.39 is 0 Å². The first-order valence-electron chi connectivity index (χ1n) is 10.5. The van der Waals surface area contributed by atoms with Gasteiger partial charge in [0.15, 0.2) is 0 Å². The van der Waals surface area contributed by atoms with Crippen molar-refractivity contribution >= 4 is 5.91 Å². The van der Waals surface area contributed by atoms with Gasteiger partial charge in [-0.2, -0.15) is 5.10 Å². The van der Waals surface area contributed by atoms with Crippen molar-refractivity contribution in [1.29, 1.82) is 0 Å². The number of rotatable bonds is 6. The SMILES string of the molecule is Cc1n[nH]c(C)c1CN1CCC(N2C[C@@H](COc3ccc(F)cc3)OCC2=O)CC1. The van der Waals surface area contributed by atoms with Gasteiger partial charge < -0.3 is 14.4 Å². The van der Waals surface area contributed by atoms with Crippen molar-refractivity contribution in [2.45, 2.75) is 45.4 Å². The fourth-order valence-electron chi connectivity index (χ4n) is 4.24. The topological polar surface area (TPSA) is 70.7 Å². The number of aromatic nitrogens is 2. The number of amides is 1. The summed E-state index contributed by atoms with van der Waals surface area (Å²) in [6.07, 6.45) is 1.72. The lowest BCUT2D eigenvalue weighted by molar-refractivity contribution is -0.155. The van der Waals surface area contributed by atoms with Crippen molar-refractivity contribution in [3.63, 3.8) is 0 Å². The van der Waals surface area contributed by atoms with Crippen LogP contribution >= 0.6 is 0 Å². The van der Waals surface area contributed by atoms with Crippen molar-refractivity contribution in [3.05, 3.63) is 47.0 Å². The van der Waals surface area contributed by atoms with Crippen molar-refractivity contribution in [3.8, 4) is 5.75 Å². The van der Waals surface area contributed by atoms with E-state index in [0.717, 1.165) is 43.9 Å². The average Bonchev–Trinajstić information content (AvgIpc) is 3.07. The molecule has 0 unspecified atom stereocenters. The second kappa shape index (κ2) is 9.14. The van der Waals surface area contributed by atoms with Crippen molar-refractivity contribution < 1.29 is 18.7 Å². The summed E-state index contributed by atoms with van der Waals surface area (Å²) in [5.74, 6) is 0.354. The van der Waals surface area contributed by atoms with Gasteiger partial charge in [-0.05, 0) is 51.0 Å². The van der Waals surface area contributed by atoms with Gasteiger partial charge in [-0.3, -0.25) is 14.8 Å². The molecule has 8 heteroatoms. The standard InChI is InChI=1S/C22H29FN4O3/c1-15-21(16(2)25-24-15)12-26-9-7-18(8-10-26)27-11-20(30-14-22(27)28)13-29-19-5-3-17(23)4-6-19/h3-6,18,20H,7-14H2,1-2H3,(H,24,25)/t20-/m0/s1. The number of nitrogens with one attached hydrogen (secondary N) is 1. The number of morpholine rings is 1. The Bertz CT molecular complexity index is 842. The van der Waals surface area contributed by atoms with E-state index in [1.807, 2.05) is 11.8 Å². The van der Waals surface area contributed by atoms with Crippen molar-refractivity contribution in [1.82, 2.24) is 20.0 Å². The Morgan fingerprint density at radius 3 is 2.63 bits per heavy atom. The van der Waals surface area contributed by atoms with Gasteiger partial charge in [0.25, 0.3) is 0 Å². The molecule has 2 aliphatic heterocycles. The van der Waals surface area contributed by atoms with Gasteiger partial charge in [-0.25, -0.2) is 4.39 Å². The zero-order valence-corrected chi connectivity index (χ0v) is 17.6. The third-order valence-electron chi connectivity index (χ3n) is 6.07. The smallest absolute Gasteiger partial charge is 0.248 e. The summed E-state index contributed by atoms with van der Waals surface area (Å²) in [6.45, 7) is 7.86. The molecular formula is C22H29FN4O3. The Kier molecular flexibility index (Phi) is 6.34.